The first-order valence-electron chi connectivity index (χ1n) is 12.9. The van der Waals surface area contributed by atoms with E-state index in [9.17, 15) is 27.2 Å². The lowest BCUT2D eigenvalue weighted by atomic mass is 10.1. The quantitative estimate of drug-likeness (QED) is 0.153. The van der Waals surface area contributed by atoms with E-state index in [4.69, 9.17) is 0 Å². The second kappa shape index (κ2) is 13.1. The molecule has 0 bridgehead atoms. The molecule has 9 heteroatoms. The molecule has 0 saturated carbocycles. The largest absolute Gasteiger partial charge is 0.416 e. The van der Waals surface area contributed by atoms with Gasteiger partial charge in [-0.3, -0.25) is 9.59 Å². The van der Waals surface area contributed by atoms with E-state index in [0.29, 0.717) is 11.3 Å². The van der Waals surface area contributed by atoms with Gasteiger partial charge in [0.1, 0.15) is 12.4 Å². The van der Waals surface area contributed by atoms with Crippen molar-refractivity contribution in [3.8, 4) is 0 Å². The van der Waals surface area contributed by atoms with Gasteiger partial charge in [0.15, 0.2) is 0 Å². The number of alkyl halides is 3. The number of nitrogens with zero attached hydrogens (tertiary/aromatic N) is 3. The lowest BCUT2D eigenvalue weighted by Crippen LogP contribution is -2.43. The molecule has 0 N–H and O–H groups in total. The summed E-state index contributed by atoms with van der Waals surface area (Å²) in [4.78, 5) is 29.6. The number of benzene rings is 3. The Labute approximate surface area is 235 Å². The number of hydrogen-bond donors (Lipinski definition) is 0. The molecule has 2 amide bonds. The van der Waals surface area contributed by atoms with E-state index in [0.717, 1.165) is 17.7 Å². The van der Waals surface area contributed by atoms with E-state index >= 15 is 0 Å². The third-order valence-corrected chi connectivity index (χ3v) is 6.52. The fourth-order valence-electron chi connectivity index (χ4n) is 4.46. The molecular formula is C32H29F4N3O2. The van der Waals surface area contributed by atoms with Crippen LogP contribution in [0, 0.1) is 5.82 Å². The van der Waals surface area contributed by atoms with Crippen LogP contribution in [0.5, 0.6) is 0 Å². The summed E-state index contributed by atoms with van der Waals surface area (Å²) in [5, 5.41) is 0. The monoisotopic (exact) mass is 563 g/mol. The van der Waals surface area contributed by atoms with Crippen molar-refractivity contribution in [2.24, 2.45) is 0 Å². The van der Waals surface area contributed by atoms with E-state index in [2.05, 4.69) is 6.58 Å². The number of amides is 2. The molecule has 0 aliphatic heterocycles. The van der Waals surface area contributed by atoms with Crippen LogP contribution in [0.3, 0.4) is 0 Å². The molecule has 0 unspecified atom stereocenters. The molecule has 0 radical (unpaired) electrons. The maximum absolute atomic E-state index is 14.4. The average Bonchev–Trinajstić information content (AvgIpc) is 3.38. The first-order valence-corrected chi connectivity index (χ1v) is 12.9. The van der Waals surface area contributed by atoms with Crippen molar-refractivity contribution in [3.63, 3.8) is 0 Å². The molecule has 0 fully saturated rings. The highest BCUT2D eigenvalue weighted by Gasteiger charge is 2.30. The summed E-state index contributed by atoms with van der Waals surface area (Å²) < 4.78 is 55.8. The van der Waals surface area contributed by atoms with Crippen LogP contribution < -0.4 is 0 Å². The Morgan fingerprint density at radius 3 is 2.24 bits per heavy atom. The molecule has 0 atom stereocenters. The smallest absolute Gasteiger partial charge is 0.345 e. The number of rotatable bonds is 11. The fourth-order valence-corrected chi connectivity index (χ4v) is 4.46. The second-order valence-corrected chi connectivity index (χ2v) is 9.52. The molecule has 41 heavy (non-hydrogen) atoms. The van der Waals surface area contributed by atoms with Crippen molar-refractivity contribution >= 4 is 11.8 Å². The lowest BCUT2D eigenvalue weighted by Gasteiger charge is -2.28. The SMILES string of the molecule is C=CCN(CC(=O)N(Cc1ccccc1)Cc1cccn1Cc1cccc(C(F)(F)F)c1)C(=O)c1ccccc1F. The molecule has 0 spiro atoms. The summed E-state index contributed by atoms with van der Waals surface area (Å²) in [6.45, 7) is 3.91. The highest BCUT2D eigenvalue weighted by molar-refractivity contribution is 5.96. The molecule has 212 valence electrons. The van der Waals surface area contributed by atoms with Crippen LogP contribution in [0.25, 0.3) is 0 Å². The first kappa shape index (κ1) is 29.3. The van der Waals surface area contributed by atoms with E-state index in [1.807, 2.05) is 30.3 Å². The van der Waals surface area contributed by atoms with Crippen molar-refractivity contribution in [1.82, 2.24) is 14.4 Å². The van der Waals surface area contributed by atoms with Crippen LogP contribution >= 0.6 is 0 Å². The Hall–Kier alpha value is -4.66. The topological polar surface area (TPSA) is 45.6 Å². The molecule has 5 nitrogen and oxygen atoms in total. The van der Waals surface area contributed by atoms with Crippen LogP contribution in [-0.4, -0.2) is 39.3 Å². The van der Waals surface area contributed by atoms with Gasteiger partial charge in [0.05, 0.1) is 17.7 Å². The standard InChI is InChI=1S/C32H29F4N3O2/c1-2-17-38(31(41)28-15-6-7-16-29(28)33)23-30(40)39(20-24-10-4-3-5-11-24)22-27-14-9-18-37(27)21-25-12-8-13-26(19-25)32(34,35)36/h2-16,18-19H,1,17,20-23H2. The van der Waals surface area contributed by atoms with Crippen LogP contribution in [0.4, 0.5) is 17.6 Å². The molecule has 0 aliphatic rings. The van der Waals surface area contributed by atoms with Crippen LogP contribution in [0.1, 0.15) is 32.7 Å². The highest BCUT2D eigenvalue weighted by Crippen LogP contribution is 2.30. The van der Waals surface area contributed by atoms with Crippen molar-refractivity contribution < 1.29 is 27.2 Å². The van der Waals surface area contributed by atoms with Crippen molar-refractivity contribution in [3.05, 3.63) is 144 Å². The number of aromatic nitrogens is 1. The Bertz CT molecular complexity index is 1500. The summed E-state index contributed by atoms with van der Waals surface area (Å²) in [7, 11) is 0. The number of hydrogen-bond acceptors (Lipinski definition) is 2. The van der Waals surface area contributed by atoms with Gasteiger partial charge in [0.25, 0.3) is 5.91 Å². The molecule has 4 aromatic rings. The first-order chi connectivity index (χ1) is 19.7. The van der Waals surface area contributed by atoms with Crippen molar-refractivity contribution in [2.45, 2.75) is 25.8 Å². The number of carbonyl (C=O) groups excluding carboxylic acids is 2. The predicted molar refractivity (Wildman–Crippen MR) is 148 cm³/mol. The summed E-state index contributed by atoms with van der Waals surface area (Å²) >= 11 is 0. The Morgan fingerprint density at radius 1 is 0.829 bits per heavy atom. The highest BCUT2D eigenvalue weighted by atomic mass is 19.4. The van der Waals surface area contributed by atoms with E-state index in [1.54, 1.807) is 39.9 Å². The van der Waals surface area contributed by atoms with Gasteiger partial charge in [-0.25, -0.2) is 4.39 Å². The molecule has 4 rings (SSSR count). The van der Waals surface area contributed by atoms with Gasteiger partial charge in [0.2, 0.25) is 5.91 Å². The maximum Gasteiger partial charge on any atom is 0.416 e. The second-order valence-electron chi connectivity index (χ2n) is 9.52. The third kappa shape index (κ3) is 7.72. The zero-order valence-electron chi connectivity index (χ0n) is 22.2. The lowest BCUT2D eigenvalue weighted by molar-refractivity contribution is -0.137. The third-order valence-electron chi connectivity index (χ3n) is 6.52. The number of halogens is 4. The van der Waals surface area contributed by atoms with Gasteiger partial charge in [-0.2, -0.15) is 13.2 Å². The predicted octanol–water partition coefficient (Wildman–Crippen LogP) is 6.55. The zero-order chi connectivity index (χ0) is 29.4. The molecule has 1 aromatic heterocycles. The van der Waals surface area contributed by atoms with Gasteiger partial charge in [-0.05, 0) is 47.5 Å². The average molecular weight is 564 g/mol. The summed E-state index contributed by atoms with van der Waals surface area (Å²) in [6.07, 6.45) is -1.24. The van der Waals surface area contributed by atoms with Gasteiger partial charge in [0, 0.05) is 31.5 Å². The summed E-state index contributed by atoms with van der Waals surface area (Å²) in [5.74, 6) is -1.70. The molecular weight excluding hydrogens is 534 g/mol. The minimum Gasteiger partial charge on any atom is -0.345 e. The van der Waals surface area contributed by atoms with Crippen molar-refractivity contribution in [1.29, 1.82) is 0 Å². The molecule has 0 saturated heterocycles. The van der Waals surface area contributed by atoms with Gasteiger partial charge in [-0.1, -0.05) is 60.7 Å². The Kier molecular flexibility index (Phi) is 9.39. The van der Waals surface area contributed by atoms with Gasteiger partial charge >= 0.3 is 6.18 Å². The van der Waals surface area contributed by atoms with E-state index < -0.39 is 23.5 Å². The minimum absolute atomic E-state index is 0.0318. The van der Waals surface area contributed by atoms with Crippen LogP contribution in [0.15, 0.2) is 110 Å². The number of carbonyl (C=O) groups is 2. The van der Waals surface area contributed by atoms with Crippen LogP contribution in [0.2, 0.25) is 0 Å². The van der Waals surface area contributed by atoms with Gasteiger partial charge < -0.3 is 14.4 Å². The summed E-state index contributed by atoms with van der Waals surface area (Å²) in [5.41, 5.74) is 1.14. The Morgan fingerprint density at radius 2 is 1.54 bits per heavy atom. The van der Waals surface area contributed by atoms with Gasteiger partial charge in [-0.15, -0.1) is 6.58 Å². The van der Waals surface area contributed by atoms with Crippen molar-refractivity contribution in [2.75, 3.05) is 13.1 Å². The van der Waals surface area contributed by atoms with Crippen LogP contribution in [-0.2, 0) is 30.6 Å². The zero-order valence-corrected chi connectivity index (χ0v) is 22.2. The maximum atomic E-state index is 14.4. The normalized spacial score (nSPS) is 11.2. The van der Waals surface area contributed by atoms with E-state index in [-0.39, 0.29) is 44.2 Å². The molecule has 1 heterocycles. The summed E-state index contributed by atoms with van der Waals surface area (Å²) in [6, 6.07) is 23.5. The fraction of sp³-hybridized carbons (Fsp3) is 0.188. The molecule has 0 aliphatic carbocycles. The Balaban J connectivity index is 1.58. The molecule has 3 aromatic carbocycles. The van der Waals surface area contributed by atoms with E-state index in [1.165, 1.54) is 35.2 Å². The minimum atomic E-state index is -4.45.